The number of rotatable bonds is 8. The van der Waals surface area contributed by atoms with Gasteiger partial charge in [-0.05, 0) is 65.1 Å². The number of hydrogen-bond donors (Lipinski definition) is 1. The molecular weight excluding hydrogens is 536 g/mol. The fourth-order valence-corrected chi connectivity index (χ4v) is 4.61. The van der Waals surface area contributed by atoms with Crippen molar-refractivity contribution in [1.82, 2.24) is 14.9 Å². The maximum absolute atomic E-state index is 13.8. The van der Waals surface area contributed by atoms with Crippen molar-refractivity contribution >= 4 is 57.9 Å². The van der Waals surface area contributed by atoms with Gasteiger partial charge in [-0.15, -0.1) is 5.10 Å². The number of nitrogens with one attached hydrogen (secondary N) is 1. The van der Waals surface area contributed by atoms with E-state index in [0.29, 0.717) is 16.1 Å². The third kappa shape index (κ3) is 6.25. The molecule has 1 N–H and O–H groups in total. The molecule has 3 aromatic carbocycles. The number of carbonyl (C=O) groups excluding carboxylic acids is 2. The van der Waals surface area contributed by atoms with Gasteiger partial charge in [0.1, 0.15) is 11.9 Å². The first-order chi connectivity index (χ1) is 17.7. The Labute approximate surface area is 227 Å². The van der Waals surface area contributed by atoms with Crippen LogP contribution in [-0.2, 0) is 11.3 Å². The normalized spacial score (nSPS) is 11.6. The lowest BCUT2D eigenvalue weighted by Gasteiger charge is -2.32. The summed E-state index contributed by atoms with van der Waals surface area (Å²) in [6.07, 6.45) is 0. The number of anilines is 2. The first-order valence-electron chi connectivity index (χ1n) is 11.1. The summed E-state index contributed by atoms with van der Waals surface area (Å²) >= 11 is 13.7. The number of halogens is 3. The first-order valence-corrected chi connectivity index (χ1v) is 12.7. The Morgan fingerprint density at radius 2 is 1.73 bits per heavy atom. The highest BCUT2D eigenvalue weighted by Crippen LogP contribution is 2.36. The topological polar surface area (TPSA) is 78.4 Å². The van der Waals surface area contributed by atoms with E-state index in [9.17, 15) is 14.0 Å². The van der Waals surface area contributed by atoms with Crippen molar-refractivity contribution in [1.29, 1.82) is 0 Å². The van der Waals surface area contributed by atoms with Crippen LogP contribution < -0.4 is 15.1 Å². The van der Waals surface area contributed by atoms with Crippen LogP contribution in [-0.4, -0.2) is 35.5 Å². The molecule has 0 radical (unpaired) electrons. The summed E-state index contributed by atoms with van der Waals surface area (Å²) in [7, 11) is 3.81. The van der Waals surface area contributed by atoms with Crippen LogP contribution in [0.5, 0.6) is 0 Å². The van der Waals surface area contributed by atoms with E-state index in [1.165, 1.54) is 28.5 Å². The molecule has 11 heteroatoms. The Hall–Kier alpha value is -3.53. The second-order valence-corrected chi connectivity index (χ2v) is 9.75. The molecule has 1 heterocycles. The number of carbonyl (C=O) groups is 2. The fraction of sp³-hybridized carbons (Fsp3) is 0.154. The summed E-state index contributed by atoms with van der Waals surface area (Å²) < 4.78 is 17.1. The van der Waals surface area contributed by atoms with Crippen LogP contribution in [0.15, 0.2) is 72.1 Å². The third-order valence-electron chi connectivity index (χ3n) is 5.58. The standard InChI is InChI=1S/C26H22Cl2FN5O2S/c1-33(2)20-10-5-17(6-11-20)24(25(35)30-14-16-3-8-19(29)9-4-16)34(26(36)22-15-37-32-31-22)23-12-7-18(27)13-21(23)28/h3-13,15,24H,14H2,1-2H3,(H,30,35). The molecule has 1 atom stereocenters. The quantitative estimate of drug-likeness (QED) is 0.298. The molecule has 0 spiro atoms. The van der Waals surface area contributed by atoms with Gasteiger partial charge < -0.3 is 10.2 Å². The van der Waals surface area contributed by atoms with Gasteiger partial charge in [0.2, 0.25) is 5.91 Å². The lowest BCUT2D eigenvalue weighted by molar-refractivity contribution is -0.122. The minimum atomic E-state index is -1.12. The highest BCUT2D eigenvalue weighted by molar-refractivity contribution is 7.03. The number of nitrogens with zero attached hydrogens (tertiary/aromatic N) is 4. The molecule has 0 saturated carbocycles. The minimum absolute atomic E-state index is 0.0669. The van der Waals surface area contributed by atoms with E-state index in [4.69, 9.17) is 23.2 Å². The maximum Gasteiger partial charge on any atom is 0.280 e. The molecule has 4 rings (SSSR count). The number of benzene rings is 3. The highest BCUT2D eigenvalue weighted by atomic mass is 35.5. The average Bonchev–Trinajstić information content (AvgIpc) is 3.42. The van der Waals surface area contributed by atoms with Crippen LogP contribution in [0.2, 0.25) is 10.0 Å². The number of amides is 2. The van der Waals surface area contributed by atoms with Crippen LogP contribution in [0.1, 0.15) is 27.7 Å². The molecule has 0 aliphatic heterocycles. The van der Waals surface area contributed by atoms with Gasteiger partial charge in [0, 0.05) is 36.7 Å². The largest absolute Gasteiger partial charge is 0.378 e. The van der Waals surface area contributed by atoms with Crippen molar-refractivity contribution in [3.05, 3.63) is 105 Å². The molecule has 4 aromatic rings. The Balaban J connectivity index is 1.80. The van der Waals surface area contributed by atoms with Crippen LogP contribution >= 0.6 is 34.7 Å². The number of hydrogen-bond acceptors (Lipinski definition) is 6. The summed E-state index contributed by atoms with van der Waals surface area (Å²) in [5.41, 5.74) is 2.51. The van der Waals surface area contributed by atoms with Gasteiger partial charge in [0.05, 0.1) is 10.7 Å². The molecule has 190 valence electrons. The average molecular weight is 558 g/mol. The second kappa shape index (κ2) is 11.7. The monoisotopic (exact) mass is 557 g/mol. The van der Waals surface area contributed by atoms with E-state index in [0.717, 1.165) is 17.2 Å². The van der Waals surface area contributed by atoms with Gasteiger partial charge in [0.25, 0.3) is 5.91 Å². The summed E-state index contributed by atoms with van der Waals surface area (Å²) in [6, 6.07) is 16.6. The molecule has 0 bridgehead atoms. The SMILES string of the molecule is CN(C)c1ccc(C(C(=O)NCc2ccc(F)cc2)N(C(=O)c2csnn2)c2ccc(Cl)cc2Cl)cc1. The summed E-state index contributed by atoms with van der Waals surface area (Å²) in [5.74, 6) is -1.40. The van der Waals surface area contributed by atoms with E-state index in [-0.39, 0.29) is 28.8 Å². The second-order valence-electron chi connectivity index (χ2n) is 8.29. The predicted molar refractivity (Wildman–Crippen MR) is 145 cm³/mol. The molecular formula is C26H22Cl2FN5O2S. The Morgan fingerprint density at radius 3 is 2.32 bits per heavy atom. The summed E-state index contributed by atoms with van der Waals surface area (Å²) in [5, 5.41) is 8.85. The predicted octanol–water partition coefficient (Wildman–Crippen LogP) is 5.75. The van der Waals surface area contributed by atoms with E-state index in [1.54, 1.807) is 36.4 Å². The molecule has 1 aromatic heterocycles. The van der Waals surface area contributed by atoms with E-state index < -0.39 is 17.9 Å². The van der Waals surface area contributed by atoms with Crippen molar-refractivity contribution in [3.63, 3.8) is 0 Å². The van der Waals surface area contributed by atoms with Crippen LogP contribution in [0.25, 0.3) is 0 Å². The van der Waals surface area contributed by atoms with Crippen molar-refractivity contribution < 1.29 is 14.0 Å². The molecule has 1 unspecified atom stereocenters. The van der Waals surface area contributed by atoms with Gasteiger partial charge in [-0.1, -0.05) is 52.0 Å². The minimum Gasteiger partial charge on any atom is -0.378 e. The van der Waals surface area contributed by atoms with E-state index >= 15 is 0 Å². The smallest absolute Gasteiger partial charge is 0.280 e. The van der Waals surface area contributed by atoms with Crippen LogP contribution in [0.3, 0.4) is 0 Å². The first kappa shape index (κ1) is 26.5. The summed E-state index contributed by atoms with van der Waals surface area (Å²) in [4.78, 5) is 30.8. The highest BCUT2D eigenvalue weighted by Gasteiger charge is 2.35. The van der Waals surface area contributed by atoms with Crippen LogP contribution in [0.4, 0.5) is 15.8 Å². The molecule has 7 nitrogen and oxygen atoms in total. The van der Waals surface area contributed by atoms with E-state index in [1.807, 2.05) is 31.1 Å². The lowest BCUT2D eigenvalue weighted by atomic mass is 10.0. The third-order valence-corrected chi connectivity index (χ3v) is 6.62. The Kier molecular flexibility index (Phi) is 8.38. The Morgan fingerprint density at radius 1 is 1.03 bits per heavy atom. The number of aromatic nitrogens is 2. The van der Waals surface area contributed by atoms with Crippen molar-refractivity contribution in [3.8, 4) is 0 Å². The molecule has 0 fully saturated rings. The van der Waals surface area contributed by atoms with Gasteiger partial charge in [-0.3, -0.25) is 14.5 Å². The van der Waals surface area contributed by atoms with Gasteiger partial charge in [-0.2, -0.15) is 0 Å². The zero-order valence-corrected chi connectivity index (χ0v) is 22.2. The van der Waals surface area contributed by atoms with Crippen molar-refractivity contribution in [2.45, 2.75) is 12.6 Å². The Bertz CT molecular complexity index is 1380. The van der Waals surface area contributed by atoms with Gasteiger partial charge >= 0.3 is 0 Å². The molecule has 0 aliphatic rings. The van der Waals surface area contributed by atoms with Gasteiger partial charge in [-0.25, -0.2) is 4.39 Å². The van der Waals surface area contributed by atoms with Crippen LogP contribution in [0, 0.1) is 5.82 Å². The van der Waals surface area contributed by atoms with E-state index in [2.05, 4.69) is 14.9 Å². The summed E-state index contributed by atoms with van der Waals surface area (Å²) in [6.45, 7) is 0.125. The fourth-order valence-electron chi connectivity index (χ4n) is 3.68. The molecule has 2 amide bonds. The lowest BCUT2D eigenvalue weighted by Crippen LogP contribution is -2.44. The van der Waals surface area contributed by atoms with Crippen molar-refractivity contribution in [2.24, 2.45) is 0 Å². The maximum atomic E-state index is 13.8. The van der Waals surface area contributed by atoms with Crippen molar-refractivity contribution in [2.75, 3.05) is 23.9 Å². The molecule has 0 aliphatic carbocycles. The van der Waals surface area contributed by atoms with Gasteiger partial charge in [0.15, 0.2) is 5.69 Å². The zero-order chi connectivity index (χ0) is 26.5. The molecule has 0 saturated heterocycles. The molecule has 37 heavy (non-hydrogen) atoms. The zero-order valence-electron chi connectivity index (χ0n) is 19.9.